The van der Waals surface area contributed by atoms with Gasteiger partial charge in [0.15, 0.2) is 12.0 Å². The lowest BCUT2D eigenvalue weighted by Gasteiger charge is -2.12. The van der Waals surface area contributed by atoms with Crippen molar-refractivity contribution in [1.29, 1.82) is 0 Å². The molecule has 24 heavy (non-hydrogen) atoms. The standard InChI is InChI=1S/C22H17NO/c1-14-7-11-18-17(13-14)9-8-15-10-12-19-21(20(15)18)24-22(23-19)16-5-3-2-4-6-16/h2-13,22-23H,1H3. The normalized spacial score (nSPS) is 16.0. The van der Waals surface area contributed by atoms with Crippen molar-refractivity contribution in [3.63, 3.8) is 0 Å². The number of rotatable bonds is 1. The molecule has 1 atom stereocenters. The lowest BCUT2D eigenvalue weighted by atomic mass is 9.99. The van der Waals surface area contributed by atoms with Crippen LogP contribution < -0.4 is 10.1 Å². The number of fused-ring (bicyclic) bond motifs is 5. The summed E-state index contributed by atoms with van der Waals surface area (Å²) in [6, 6.07) is 25.5. The van der Waals surface area contributed by atoms with Gasteiger partial charge >= 0.3 is 0 Å². The predicted molar refractivity (Wildman–Crippen MR) is 99.6 cm³/mol. The molecule has 2 nitrogen and oxygen atoms in total. The maximum Gasteiger partial charge on any atom is 0.196 e. The number of ether oxygens (including phenoxy) is 1. The molecular formula is C22H17NO. The van der Waals surface area contributed by atoms with Gasteiger partial charge in [-0.1, -0.05) is 72.3 Å². The van der Waals surface area contributed by atoms with E-state index in [0.717, 1.165) is 17.0 Å². The van der Waals surface area contributed by atoms with E-state index in [-0.39, 0.29) is 6.23 Å². The number of nitrogens with one attached hydrogen (secondary N) is 1. The molecule has 4 aromatic carbocycles. The summed E-state index contributed by atoms with van der Waals surface area (Å²) in [6.07, 6.45) is -0.132. The van der Waals surface area contributed by atoms with Crippen molar-refractivity contribution in [2.45, 2.75) is 13.2 Å². The molecule has 5 rings (SSSR count). The van der Waals surface area contributed by atoms with Crippen LogP contribution in [0.1, 0.15) is 17.4 Å². The van der Waals surface area contributed by atoms with Crippen LogP contribution in [-0.2, 0) is 0 Å². The van der Waals surface area contributed by atoms with E-state index in [4.69, 9.17) is 4.74 Å². The van der Waals surface area contributed by atoms with Crippen LogP contribution in [0.5, 0.6) is 5.75 Å². The van der Waals surface area contributed by atoms with Crippen LogP contribution in [0.25, 0.3) is 21.5 Å². The summed E-state index contributed by atoms with van der Waals surface area (Å²) in [7, 11) is 0. The maximum absolute atomic E-state index is 6.33. The van der Waals surface area contributed by atoms with Gasteiger partial charge in [-0.05, 0) is 29.1 Å². The van der Waals surface area contributed by atoms with Crippen molar-refractivity contribution in [2.75, 3.05) is 5.32 Å². The molecule has 1 aliphatic heterocycles. The van der Waals surface area contributed by atoms with E-state index in [1.54, 1.807) is 0 Å². The first kappa shape index (κ1) is 13.4. The van der Waals surface area contributed by atoms with Crippen molar-refractivity contribution in [3.8, 4) is 5.75 Å². The van der Waals surface area contributed by atoms with Crippen molar-refractivity contribution in [2.24, 2.45) is 0 Å². The molecule has 0 saturated heterocycles. The summed E-state index contributed by atoms with van der Waals surface area (Å²) >= 11 is 0. The Labute approximate surface area is 140 Å². The van der Waals surface area contributed by atoms with Gasteiger partial charge in [0.25, 0.3) is 0 Å². The molecule has 1 N–H and O–H groups in total. The Bertz CT molecular complexity index is 1070. The van der Waals surface area contributed by atoms with E-state index >= 15 is 0 Å². The highest BCUT2D eigenvalue weighted by molar-refractivity contribution is 6.12. The molecule has 2 heteroatoms. The van der Waals surface area contributed by atoms with Gasteiger partial charge < -0.3 is 10.1 Å². The van der Waals surface area contributed by atoms with Crippen LogP contribution in [0.4, 0.5) is 5.69 Å². The zero-order chi connectivity index (χ0) is 16.1. The Morgan fingerprint density at radius 1 is 0.833 bits per heavy atom. The molecule has 1 aliphatic rings. The molecule has 4 aromatic rings. The first-order valence-electron chi connectivity index (χ1n) is 8.24. The quantitative estimate of drug-likeness (QED) is 0.448. The summed E-state index contributed by atoms with van der Waals surface area (Å²) in [5.41, 5.74) is 3.47. The van der Waals surface area contributed by atoms with Crippen molar-refractivity contribution in [1.82, 2.24) is 0 Å². The zero-order valence-corrected chi connectivity index (χ0v) is 13.4. The third kappa shape index (κ3) is 1.96. The highest BCUT2D eigenvalue weighted by Gasteiger charge is 2.25. The minimum Gasteiger partial charge on any atom is -0.464 e. The minimum absolute atomic E-state index is 0.132. The largest absolute Gasteiger partial charge is 0.464 e. The third-order valence-corrected chi connectivity index (χ3v) is 4.73. The van der Waals surface area contributed by atoms with E-state index in [0.29, 0.717) is 0 Å². The van der Waals surface area contributed by atoms with Crippen LogP contribution in [0.15, 0.2) is 72.8 Å². The van der Waals surface area contributed by atoms with Gasteiger partial charge in [0, 0.05) is 10.9 Å². The van der Waals surface area contributed by atoms with Crippen LogP contribution in [-0.4, -0.2) is 0 Å². The highest BCUT2D eigenvalue weighted by atomic mass is 16.5. The average molecular weight is 311 g/mol. The lowest BCUT2D eigenvalue weighted by Crippen LogP contribution is -2.09. The second-order valence-corrected chi connectivity index (χ2v) is 6.38. The Balaban J connectivity index is 1.73. The number of hydrogen-bond acceptors (Lipinski definition) is 2. The molecule has 0 saturated carbocycles. The average Bonchev–Trinajstić information content (AvgIpc) is 3.06. The lowest BCUT2D eigenvalue weighted by molar-refractivity contribution is 0.263. The molecule has 0 spiro atoms. The van der Waals surface area contributed by atoms with Gasteiger partial charge in [0.2, 0.25) is 0 Å². The maximum atomic E-state index is 6.33. The van der Waals surface area contributed by atoms with Gasteiger partial charge in [-0.15, -0.1) is 0 Å². The van der Waals surface area contributed by atoms with Gasteiger partial charge in [-0.2, -0.15) is 0 Å². The number of hydrogen-bond donors (Lipinski definition) is 1. The summed E-state index contributed by atoms with van der Waals surface area (Å²) in [4.78, 5) is 0. The molecule has 0 aromatic heterocycles. The van der Waals surface area contributed by atoms with E-state index in [1.165, 1.54) is 27.1 Å². The molecule has 0 bridgehead atoms. The number of anilines is 1. The smallest absolute Gasteiger partial charge is 0.196 e. The number of benzene rings is 4. The van der Waals surface area contributed by atoms with Crippen LogP contribution in [0.3, 0.4) is 0 Å². The number of aryl methyl sites for hydroxylation is 1. The van der Waals surface area contributed by atoms with Crippen LogP contribution >= 0.6 is 0 Å². The van der Waals surface area contributed by atoms with Gasteiger partial charge in [0.05, 0.1) is 5.69 Å². The zero-order valence-electron chi connectivity index (χ0n) is 13.4. The van der Waals surface area contributed by atoms with Gasteiger partial charge in [-0.25, -0.2) is 0 Å². The van der Waals surface area contributed by atoms with Crippen LogP contribution in [0.2, 0.25) is 0 Å². The van der Waals surface area contributed by atoms with Crippen molar-refractivity contribution in [3.05, 3.63) is 83.9 Å². The monoisotopic (exact) mass is 311 g/mol. The van der Waals surface area contributed by atoms with Gasteiger partial charge in [-0.3, -0.25) is 0 Å². The summed E-state index contributed by atoms with van der Waals surface area (Å²) < 4.78 is 6.33. The second kappa shape index (κ2) is 5.00. The van der Waals surface area contributed by atoms with Gasteiger partial charge in [0.1, 0.15) is 0 Å². The molecule has 0 radical (unpaired) electrons. The molecule has 0 amide bonds. The van der Waals surface area contributed by atoms with E-state index in [9.17, 15) is 0 Å². The highest BCUT2D eigenvalue weighted by Crippen LogP contribution is 2.45. The molecular weight excluding hydrogens is 294 g/mol. The minimum atomic E-state index is -0.132. The molecule has 0 fully saturated rings. The van der Waals surface area contributed by atoms with Crippen LogP contribution in [0, 0.1) is 6.92 Å². The fraction of sp³-hybridized carbons (Fsp3) is 0.0909. The fourth-order valence-corrected chi connectivity index (χ4v) is 3.55. The first-order chi connectivity index (χ1) is 11.8. The van der Waals surface area contributed by atoms with Crippen molar-refractivity contribution < 1.29 is 4.74 Å². The Morgan fingerprint density at radius 3 is 2.50 bits per heavy atom. The van der Waals surface area contributed by atoms with Crippen molar-refractivity contribution >= 4 is 27.2 Å². The summed E-state index contributed by atoms with van der Waals surface area (Å²) in [6.45, 7) is 2.13. The summed E-state index contributed by atoms with van der Waals surface area (Å²) in [5, 5.41) is 8.39. The molecule has 1 heterocycles. The predicted octanol–water partition coefficient (Wildman–Crippen LogP) is 5.80. The Morgan fingerprint density at radius 2 is 1.62 bits per heavy atom. The Kier molecular flexibility index (Phi) is 2.80. The fourth-order valence-electron chi connectivity index (χ4n) is 3.55. The van der Waals surface area contributed by atoms with E-state index < -0.39 is 0 Å². The molecule has 116 valence electrons. The third-order valence-electron chi connectivity index (χ3n) is 4.73. The topological polar surface area (TPSA) is 21.3 Å². The summed E-state index contributed by atoms with van der Waals surface area (Å²) in [5.74, 6) is 0.954. The SMILES string of the molecule is Cc1ccc2c(ccc3ccc4c(c32)OC(c2ccccc2)N4)c1. The molecule has 1 unspecified atom stereocenters. The molecule has 0 aliphatic carbocycles. The Hall–Kier alpha value is -3.00. The van der Waals surface area contributed by atoms with E-state index in [2.05, 4.69) is 66.8 Å². The second-order valence-electron chi connectivity index (χ2n) is 6.38. The van der Waals surface area contributed by atoms with E-state index in [1.807, 2.05) is 18.2 Å². The first-order valence-corrected chi connectivity index (χ1v) is 8.24.